The van der Waals surface area contributed by atoms with Crippen LogP contribution in [0.5, 0.6) is 5.75 Å². The van der Waals surface area contributed by atoms with Gasteiger partial charge in [0.25, 0.3) is 0 Å². The Morgan fingerprint density at radius 3 is 2.34 bits per heavy atom. The lowest BCUT2D eigenvalue weighted by Crippen LogP contribution is -2.45. The van der Waals surface area contributed by atoms with Gasteiger partial charge in [0, 0.05) is 29.8 Å². The molecule has 1 heterocycles. The molecule has 0 aliphatic carbocycles. The number of aromatic nitrogens is 1. The van der Waals surface area contributed by atoms with Crippen LogP contribution in [-0.4, -0.2) is 63.6 Å². The number of methoxy groups -OCH3 is 1. The van der Waals surface area contributed by atoms with Gasteiger partial charge in [-0.3, -0.25) is 9.69 Å². The van der Waals surface area contributed by atoms with E-state index in [0.717, 1.165) is 17.4 Å². The van der Waals surface area contributed by atoms with E-state index in [1.807, 2.05) is 25.2 Å². The molecule has 13 heteroatoms. The van der Waals surface area contributed by atoms with Crippen LogP contribution in [0.4, 0.5) is 21.6 Å². The number of hydrogen-bond donors (Lipinski definition) is 4. The molecule has 0 aliphatic heterocycles. The van der Waals surface area contributed by atoms with E-state index < -0.39 is 22.0 Å². The van der Waals surface area contributed by atoms with Crippen LogP contribution >= 0.6 is 0 Å². The number of aliphatic hydroxyl groups excluding tert-OH is 1. The van der Waals surface area contributed by atoms with Gasteiger partial charge in [-0.25, -0.2) is 17.8 Å². The third kappa shape index (κ3) is 9.12. The molecule has 2 atom stereocenters. The minimum absolute atomic E-state index is 0.0606. The van der Waals surface area contributed by atoms with Crippen LogP contribution in [-0.2, 0) is 14.6 Å². The first-order valence-corrected chi connectivity index (χ1v) is 16.8. The predicted molar refractivity (Wildman–Crippen MR) is 182 cm³/mol. The number of ether oxygens (including phenoxy) is 1. The van der Waals surface area contributed by atoms with Crippen LogP contribution in [0.3, 0.4) is 0 Å². The number of guanidine groups is 1. The predicted octanol–water partition coefficient (Wildman–Crippen LogP) is 4.81. The van der Waals surface area contributed by atoms with E-state index in [0.29, 0.717) is 36.3 Å². The number of hydrogen-bond acceptors (Lipinski definition) is 8. The second kappa shape index (κ2) is 15.6. The zero-order valence-corrected chi connectivity index (χ0v) is 27.5. The van der Waals surface area contributed by atoms with Crippen molar-refractivity contribution in [3.63, 3.8) is 0 Å². The molecule has 0 saturated carbocycles. The summed E-state index contributed by atoms with van der Waals surface area (Å²) in [5, 5.41) is 17.1. The molecule has 248 valence electrons. The number of nitrogens with zero attached hydrogens (tertiary/aromatic N) is 3. The summed E-state index contributed by atoms with van der Waals surface area (Å²) >= 11 is 0. The highest BCUT2D eigenvalue weighted by Gasteiger charge is 2.25. The largest absolute Gasteiger partial charge is 0.495 e. The fraction of sp³-hybridized carbons (Fsp3) is 0.265. The van der Waals surface area contributed by atoms with Crippen molar-refractivity contribution in [2.45, 2.75) is 36.8 Å². The van der Waals surface area contributed by atoms with Gasteiger partial charge in [-0.05, 0) is 93.0 Å². The Hall–Kier alpha value is -4.85. The Labute approximate surface area is 274 Å². The number of carbonyl (C=O) groups excluding carboxylic acids is 1. The fourth-order valence-corrected chi connectivity index (χ4v) is 5.44. The molecule has 0 bridgehead atoms. The van der Waals surface area contributed by atoms with Crippen LogP contribution in [0.15, 0.2) is 94.9 Å². The highest BCUT2D eigenvalue weighted by Crippen LogP contribution is 2.33. The van der Waals surface area contributed by atoms with Gasteiger partial charge in [0.05, 0.1) is 23.6 Å². The smallest absolute Gasteiger partial charge is 0.231 e. The SMILES string of the molecule is CNCCCC(O)N(C(N)=Nc1ccc(-c2ccc(NC(=O)[C@H](C)c3ccc(F)cc3)cc2)cn1)c1ccc(S(C)(=O)=O)cc1OC. The second-order valence-corrected chi connectivity index (χ2v) is 12.9. The molecule has 5 N–H and O–H groups in total. The van der Waals surface area contributed by atoms with Crippen LogP contribution in [0.2, 0.25) is 0 Å². The quantitative estimate of drug-likeness (QED) is 0.0682. The van der Waals surface area contributed by atoms with Gasteiger partial charge in [-0.15, -0.1) is 0 Å². The maximum Gasteiger partial charge on any atom is 0.231 e. The summed E-state index contributed by atoms with van der Waals surface area (Å²) in [6.07, 6.45) is 2.60. The molecule has 3 aromatic carbocycles. The van der Waals surface area contributed by atoms with Gasteiger partial charge in [0.1, 0.15) is 17.8 Å². The Morgan fingerprint density at radius 2 is 1.74 bits per heavy atom. The molecule has 4 rings (SSSR count). The number of amides is 1. The summed E-state index contributed by atoms with van der Waals surface area (Å²) in [6.45, 7) is 2.42. The number of halogens is 1. The minimum Gasteiger partial charge on any atom is -0.495 e. The average molecular weight is 663 g/mol. The van der Waals surface area contributed by atoms with Crippen molar-refractivity contribution in [2.24, 2.45) is 10.7 Å². The van der Waals surface area contributed by atoms with Crippen LogP contribution in [0, 0.1) is 5.82 Å². The van der Waals surface area contributed by atoms with Gasteiger partial charge in [0.15, 0.2) is 15.7 Å². The van der Waals surface area contributed by atoms with E-state index in [1.165, 1.54) is 42.3 Å². The molecule has 0 radical (unpaired) electrons. The molecule has 1 aromatic heterocycles. The Morgan fingerprint density at radius 1 is 1.06 bits per heavy atom. The lowest BCUT2D eigenvalue weighted by atomic mass is 10.00. The summed E-state index contributed by atoms with van der Waals surface area (Å²) in [5.74, 6) is -0.613. The minimum atomic E-state index is -3.50. The maximum absolute atomic E-state index is 13.2. The van der Waals surface area contributed by atoms with Crippen molar-refractivity contribution in [1.82, 2.24) is 10.3 Å². The molecule has 0 saturated heterocycles. The van der Waals surface area contributed by atoms with Crippen molar-refractivity contribution in [3.8, 4) is 16.9 Å². The van der Waals surface area contributed by atoms with E-state index in [2.05, 4.69) is 20.6 Å². The summed E-state index contributed by atoms with van der Waals surface area (Å²) in [5.41, 5.74) is 9.75. The van der Waals surface area contributed by atoms with Crippen LogP contribution in [0.1, 0.15) is 31.2 Å². The fourth-order valence-electron chi connectivity index (χ4n) is 4.81. The Bertz CT molecular complexity index is 1800. The van der Waals surface area contributed by atoms with Crippen molar-refractivity contribution in [2.75, 3.05) is 37.2 Å². The highest BCUT2D eigenvalue weighted by molar-refractivity contribution is 7.90. The number of nitrogens with one attached hydrogen (secondary N) is 2. The summed E-state index contributed by atoms with van der Waals surface area (Å²) in [6, 6.07) is 20.9. The van der Waals surface area contributed by atoms with E-state index in [1.54, 1.807) is 43.5 Å². The van der Waals surface area contributed by atoms with Crippen LogP contribution in [0.25, 0.3) is 11.1 Å². The molecule has 0 aliphatic rings. The molecule has 1 unspecified atom stereocenters. The maximum atomic E-state index is 13.2. The summed E-state index contributed by atoms with van der Waals surface area (Å²) in [7, 11) is -0.290. The molecule has 47 heavy (non-hydrogen) atoms. The molecular formula is C34H39FN6O5S. The number of aliphatic imine (C=N–C) groups is 1. The third-order valence-corrected chi connectivity index (χ3v) is 8.61. The van der Waals surface area contributed by atoms with Gasteiger partial charge in [-0.2, -0.15) is 4.99 Å². The number of anilines is 2. The number of nitrogens with two attached hydrogens (primary N) is 1. The number of benzene rings is 3. The first kappa shape index (κ1) is 35.0. The van der Waals surface area contributed by atoms with E-state index in [9.17, 15) is 22.7 Å². The van der Waals surface area contributed by atoms with Crippen molar-refractivity contribution < 1.29 is 27.4 Å². The Kier molecular flexibility index (Phi) is 11.6. The monoisotopic (exact) mass is 662 g/mol. The summed E-state index contributed by atoms with van der Waals surface area (Å²) < 4.78 is 43.0. The number of carbonyl (C=O) groups is 1. The average Bonchev–Trinajstić information content (AvgIpc) is 3.05. The lowest BCUT2D eigenvalue weighted by molar-refractivity contribution is -0.117. The second-order valence-electron chi connectivity index (χ2n) is 10.9. The summed E-state index contributed by atoms with van der Waals surface area (Å²) in [4.78, 5) is 23.1. The van der Waals surface area contributed by atoms with Gasteiger partial charge in [0.2, 0.25) is 11.9 Å². The standard InChI is InChI=1S/C34H39FN6O5S/c1-22(23-7-12-26(35)13-8-23)33(43)39-27-14-9-24(10-15-27)25-11-18-31(38-21-25)40-34(36)41(32(42)6-5-19-37-2)29-17-16-28(47(4,44)45)20-30(29)46-3/h7-18,20-22,32,37,42H,5-6,19H2,1-4H3,(H,39,43)(H2,36,38,40)/t22-,32?/m1/s1. The normalized spacial score (nSPS) is 13.1. The van der Waals surface area contributed by atoms with Crippen molar-refractivity contribution in [3.05, 3.63) is 96.4 Å². The van der Waals surface area contributed by atoms with E-state index in [4.69, 9.17) is 10.5 Å². The van der Waals surface area contributed by atoms with Crippen LogP contribution < -0.4 is 26.0 Å². The molecule has 11 nitrogen and oxygen atoms in total. The third-order valence-electron chi connectivity index (χ3n) is 7.50. The zero-order valence-electron chi connectivity index (χ0n) is 26.6. The number of pyridine rings is 1. The molecular weight excluding hydrogens is 623 g/mol. The van der Waals surface area contributed by atoms with Gasteiger partial charge in [-0.1, -0.05) is 24.3 Å². The first-order valence-electron chi connectivity index (χ1n) is 14.9. The zero-order chi connectivity index (χ0) is 34.1. The Balaban J connectivity index is 1.52. The highest BCUT2D eigenvalue weighted by atomic mass is 32.2. The molecule has 0 spiro atoms. The number of aliphatic hydroxyl groups is 1. The van der Waals surface area contributed by atoms with E-state index in [-0.39, 0.29) is 34.1 Å². The molecule has 4 aromatic rings. The van der Waals surface area contributed by atoms with E-state index >= 15 is 0 Å². The molecule has 0 fully saturated rings. The van der Waals surface area contributed by atoms with Crippen molar-refractivity contribution >= 4 is 38.9 Å². The first-order chi connectivity index (χ1) is 22.4. The number of rotatable bonds is 13. The lowest BCUT2D eigenvalue weighted by Gasteiger charge is -2.30. The van der Waals surface area contributed by atoms with Gasteiger partial charge >= 0.3 is 0 Å². The molecule has 1 amide bonds. The van der Waals surface area contributed by atoms with Crippen molar-refractivity contribution in [1.29, 1.82) is 0 Å². The number of sulfone groups is 1. The van der Waals surface area contributed by atoms with Gasteiger partial charge < -0.3 is 26.2 Å². The topological polar surface area (TPSA) is 159 Å².